The third-order valence-electron chi connectivity index (χ3n) is 6.83. The largest absolute Gasteiger partial charge is 0.872 e. The summed E-state index contributed by atoms with van der Waals surface area (Å²) in [5, 5.41) is 14.0. The van der Waals surface area contributed by atoms with Crippen LogP contribution in [0.3, 0.4) is 0 Å². The highest BCUT2D eigenvalue weighted by atomic mass is 16.5. The fourth-order valence-electron chi connectivity index (χ4n) is 4.87. The number of benzene rings is 3. The van der Waals surface area contributed by atoms with Gasteiger partial charge in [0.25, 0.3) is 5.91 Å². The van der Waals surface area contributed by atoms with Gasteiger partial charge in [0.05, 0.1) is 19.2 Å². The Hall–Kier alpha value is -4.91. The molecule has 5 rings (SSSR count). The zero-order valence-electron chi connectivity index (χ0n) is 23.3. The number of para-hydroxylation sites is 1. The van der Waals surface area contributed by atoms with Crippen LogP contribution < -0.4 is 19.6 Å². The van der Waals surface area contributed by atoms with E-state index in [4.69, 9.17) is 9.47 Å². The molecule has 0 radical (unpaired) electrons. The smallest absolute Gasteiger partial charge is 0.295 e. The molecule has 0 spiro atoms. The van der Waals surface area contributed by atoms with Gasteiger partial charge in [0, 0.05) is 17.2 Å². The number of aromatic amines is 1. The summed E-state index contributed by atoms with van der Waals surface area (Å²) >= 11 is 0. The van der Waals surface area contributed by atoms with E-state index in [-0.39, 0.29) is 12.1 Å². The molecule has 0 saturated carbocycles. The number of likely N-dealkylation sites (tertiary alicyclic amines) is 1. The van der Waals surface area contributed by atoms with Crippen LogP contribution in [0.15, 0.2) is 103 Å². The van der Waals surface area contributed by atoms with E-state index in [0.717, 1.165) is 5.56 Å². The number of nitrogens with zero attached hydrogens (tertiary/aromatic N) is 1. The van der Waals surface area contributed by atoms with E-state index in [9.17, 15) is 14.7 Å². The van der Waals surface area contributed by atoms with Crippen LogP contribution in [0, 0.1) is 12.8 Å². The van der Waals surface area contributed by atoms with Crippen molar-refractivity contribution in [2.24, 2.45) is 5.92 Å². The highest BCUT2D eigenvalue weighted by Crippen LogP contribution is 2.41. The standard InChI is InChI=1S/C34H32N2O5/c1-22(2)21-40-27-14-15-29(23(3)17-27)32(37)30-31(36(34(39)33(30)38)20-24-9-8-16-35-19-24)25-10-7-13-28(18-25)41-26-11-5-4-6-12-26/h4-19,22,31,37H,20-21H2,1-3H3/b32-30+. The second kappa shape index (κ2) is 12.1. The number of Topliss-reactive ketones (excluding diaryl/α,β-unsaturated/α-hetero) is 1. The number of amides is 1. The molecule has 7 heteroatoms. The molecule has 0 bridgehead atoms. The highest BCUT2D eigenvalue weighted by molar-refractivity contribution is 6.46. The maximum absolute atomic E-state index is 14.0. The Morgan fingerprint density at radius 3 is 2.41 bits per heavy atom. The van der Waals surface area contributed by atoms with Gasteiger partial charge in [-0.25, -0.2) is 4.98 Å². The first-order chi connectivity index (χ1) is 19.8. The molecule has 3 aromatic carbocycles. The molecule has 1 atom stereocenters. The van der Waals surface area contributed by atoms with Crippen molar-refractivity contribution in [3.8, 4) is 17.2 Å². The summed E-state index contributed by atoms with van der Waals surface area (Å²) in [6.45, 7) is 6.62. The number of rotatable bonds is 9. The topological polar surface area (TPSA) is 93.0 Å². The van der Waals surface area contributed by atoms with Crippen molar-refractivity contribution in [2.45, 2.75) is 33.4 Å². The van der Waals surface area contributed by atoms with Crippen LogP contribution in [-0.2, 0) is 16.1 Å². The van der Waals surface area contributed by atoms with Gasteiger partial charge in [0.1, 0.15) is 17.2 Å². The number of hydrogen-bond acceptors (Lipinski definition) is 5. The number of nitrogens with one attached hydrogen (secondary N) is 1. The SMILES string of the molecule is Cc1cc(OCC(C)C)ccc1/C([O-])=C1\C(=O)C(=O)N(Cc2ccc[nH+]c2)C1c1cccc(Oc2ccccc2)c1. The number of pyridine rings is 1. The monoisotopic (exact) mass is 548 g/mol. The second-order valence-electron chi connectivity index (χ2n) is 10.5. The van der Waals surface area contributed by atoms with Crippen LogP contribution in [0.4, 0.5) is 0 Å². The van der Waals surface area contributed by atoms with Crippen LogP contribution in [0.1, 0.15) is 42.1 Å². The van der Waals surface area contributed by atoms with Crippen molar-refractivity contribution in [3.05, 3.63) is 125 Å². The summed E-state index contributed by atoms with van der Waals surface area (Å²) < 4.78 is 11.9. The van der Waals surface area contributed by atoms with E-state index in [1.807, 2.05) is 48.5 Å². The van der Waals surface area contributed by atoms with E-state index in [1.165, 1.54) is 4.90 Å². The molecular formula is C34H32N2O5. The van der Waals surface area contributed by atoms with Gasteiger partial charge >= 0.3 is 0 Å². The first-order valence-corrected chi connectivity index (χ1v) is 13.6. The second-order valence-corrected chi connectivity index (χ2v) is 10.5. The third kappa shape index (κ3) is 6.14. The number of aromatic nitrogens is 1. The maximum Gasteiger partial charge on any atom is 0.295 e. The molecule has 2 heterocycles. The fraction of sp³-hybridized carbons (Fsp3) is 0.206. The number of carbonyl (C=O) groups is 2. The molecule has 1 amide bonds. The predicted molar refractivity (Wildman–Crippen MR) is 153 cm³/mol. The number of hydrogen-bond donors (Lipinski definition) is 0. The van der Waals surface area contributed by atoms with Crippen LogP contribution >= 0.6 is 0 Å². The molecule has 1 saturated heterocycles. The Labute approximate surface area is 239 Å². The van der Waals surface area contributed by atoms with Gasteiger partial charge in [0.15, 0.2) is 12.4 Å². The Morgan fingerprint density at radius 2 is 1.71 bits per heavy atom. The molecule has 41 heavy (non-hydrogen) atoms. The van der Waals surface area contributed by atoms with Crippen LogP contribution in [-0.4, -0.2) is 23.2 Å². The lowest BCUT2D eigenvalue weighted by Crippen LogP contribution is -2.29. The van der Waals surface area contributed by atoms with Crippen LogP contribution in [0.2, 0.25) is 0 Å². The van der Waals surface area contributed by atoms with Crippen molar-refractivity contribution in [1.29, 1.82) is 0 Å². The highest BCUT2D eigenvalue weighted by Gasteiger charge is 2.44. The molecule has 1 unspecified atom stereocenters. The van der Waals surface area contributed by atoms with Gasteiger partial charge in [0.2, 0.25) is 5.78 Å². The first kappa shape index (κ1) is 27.6. The van der Waals surface area contributed by atoms with Crippen LogP contribution in [0.5, 0.6) is 17.2 Å². The normalized spacial score (nSPS) is 16.3. The Morgan fingerprint density at radius 1 is 0.927 bits per heavy atom. The van der Waals surface area contributed by atoms with Gasteiger partial charge in [-0.15, -0.1) is 0 Å². The molecule has 1 aromatic heterocycles. The van der Waals surface area contributed by atoms with Gasteiger partial charge < -0.3 is 19.5 Å². The predicted octanol–water partition coefficient (Wildman–Crippen LogP) is 5.06. The van der Waals surface area contributed by atoms with E-state index >= 15 is 0 Å². The van der Waals surface area contributed by atoms with E-state index in [1.54, 1.807) is 55.7 Å². The minimum atomic E-state index is -0.890. The van der Waals surface area contributed by atoms with Crippen molar-refractivity contribution in [1.82, 2.24) is 4.90 Å². The molecule has 1 aliphatic rings. The summed E-state index contributed by atoms with van der Waals surface area (Å²) in [5.41, 5.74) is 2.35. The molecule has 7 nitrogen and oxygen atoms in total. The van der Waals surface area contributed by atoms with E-state index < -0.39 is 23.5 Å². The number of H-pyrrole nitrogens is 1. The molecule has 1 aliphatic heterocycles. The Balaban J connectivity index is 1.58. The number of ketones is 1. The van der Waals surface area contributed by atoms with E-state index in [0.29, 0.717) is 46.5 Å². The van der Waals surface area contributed by atoms with Crippen molar-refractivity contribution < 1.29 is 29.2 Å². The molecule has 1 fully saturated rings. The van der Waals surface area contributed by atoms with Gasteiger partial charge in [-0.05, 0) is 72.0 Å². The lowest BCUT2D eigenvalue weighted by Gasteiger charge is -2.28. The lowest BCUT2D eigenvalue weighted by atomic mass is 9.93. The maximum atomic E-state index is 14.0. The summed E-state index contributed by atoms with van der Waals surface area (Å²) in [5.74, 6) is 0.192. The van der Waals surface area contributed by atoms with Gasteiger partial charge in [-0.3, -0.25) is 9.59 Å². The minimum absolute atomic E-state index is 0.0780. The van der Waals surface area contributed by atoms with Crippen molar-refractivity contribution in [3.63, 3.8) is 0 Å². The number of carbonyl (C=O) groups excluding carboxylic acids is 2. The minimum Gasteiger partial charge on any atom is -0.872 e. The van der Waals surface area contributed by atoms with Crippen molar-refractivity contribution >= 4 is 17.4 Å². The third-order valence-corrected chi connectivity index (χ3v) is 6.83. The van der Waals surface area contributed by atoms with E-state index in [2.05, 4.69) is 18.8 Å². The Kier molecular flexibility index (Phi) is 8.15. The number of aryl methyl sites for hydroxylation is 1. The Bertz CT molecular complexity index is 1580. The molecule has 208 valence electrons. The van der Waals surface area contributed by atoms with Crippen molar-refractivity contribution in [2.75, 3.05) is 6.61 Å². The average Bonchev–Trinajstić information content (AvgIpc) is 3.22. The van der Waals surface area contributed by atoms with Crippen LogP contribution in [0.25, 0.3) is 5.76 Å². The summed E-state index contributed by atoms with van der Waals surface area (Å²) in [6, 6.07) is 24.5. The van der Waals surface area contributed by atoms with Gasteiger partial charge in [-0.1, -0.05) is 56.0 Å². The van der Waals surface area contributed by atoms with Gasteiger partial charge in [-0.2, -0.15) is 0 Å². The average molecular weight is 549 g/mol. The summed E-state index contributed by atoms with van der Waals surface area (Å²) in [4.78, 5) is 31.4. The lowest BCUT2D eigenvalue weighted by molar-refractivity contribution is -0.378. The first-order valence-electron chi connectivity index (χ1n) is 13.6. The zero-order chi connectivity index (χ0) is 28.9. The molecule has 1 N–H and O–H groups in total. The fourth-order valence-corrected chi connectivity index (χ4v) is 4.87. The summed E-state index contributed by atoms with van der Waals surface area (Å²) in [7, 11) is 0. The zero-order valence-corrected chi connectivity index (χ0v) is 23.3. The number of ether oxygens (including phenoxy) is 2. The quantitative estimate of drug-likeness (QED) is 0.166. The molecule has 0 aliphatic carbocycles. The molecule has 4 aromatic rings. The molecular weight excluding hydrogens is 516 g/mol. The summed E-state index contributed by atoms with van der Waals surface area (Å²) in [6.07, 6.45) is 3.53.